The molecule has 0 fully saturated rings. The zero-order valence-electron chi connectivity index (χ0n) is 26.2. The molecule has 1 aliphatic rings. The van der Waals surface area contributed by atoms with Gasteiger partial charge >= 0.3 is 11.9 Å². The van der Waals surface area contributed by atoms with Crippen molar-refractivity contribution >= 4 is 51.7 Å². The van der Waals surface area contributed by atoms with Crippen LogP contribution in [-0.4, -0.2) is 37.3 Å². The van der Waals surface area contributed by atoms with Gasteiger partial charge in [-0.2, -0.15) is 0 Å². The maximum Gasteiger partial charge on any atom is 0.338 e. The molecule has 5 aromatic rings. The van der Waals surface area contributed by atoms with Gasteiger partial charge in [0.1, 0.15) is 23.3 Å². The number of benzene rings is 3. The molecule has 11 heteroatoms. The Hall–Kier alpha value is -4.93. The molecule has 0 N–H and O–H groups in total. The van der Waals surface area contributed by atoms with Gasteiger partial charge < -0.3 is 18.6 Å². The van der Waals surface area contributed by atoms with Crippen LogP contribution in [0.3, 0.4) is 0 Å². The third-order valence-corrected chi connectivity index (χ3v) is 9.09. The van der Waals surface area contributed by atoms with E-state index in [-0.39, 0.29) is 17.7 Å². The smallest absolute Gasteiger partial charge is 0.338 e. The number of hydrogen-bond donors (Lipinski definition) is 0. The Morgan fingerprint density at radius 1 is 1.04 bits per heavy atom. The zero-order chi connectivity index (χ0) is 33.2. The molecule has 0 amide bonds. The van der Waals surface area contributed by atoms with Crippen molar-refractivity contribution in [3.63, 3.8) is 0 Å². The Bertz CT molecular complexity index is 2250. The van der Waals surface area contributed by atoms with Crippen LogP contribution in [0.25, 0.3) is 28.2 Å². The number of nitrogens with zero attached hydrogens (tertiary/aromatic N) is 2. The van der Waals surface area contributed by atoms with Crippen LogP contribution in [0, 0.1) is 0 Å². The van der Waals surface area contributed by atoms with Crippen LogP contribution in [-0.2, 0) is 14.3 Å². The molecule has 3 aromatic carbocycles. The Morgan fingerprint density at radius 3 is 2.60 bits per heavy atom. The molecular weight excluding hydrogens is 640 g/mol. The number of ether oxygens (including phenoxy) is 3. The standard InChI is InChI=1S/C36H31ClN2O7S/c1-5-9-26-31(35(42)45-6-2)32(30-23-11-8-7-10-20(23)12-16-28(30)43-3)39-33(40)29(47-36(39)38-26)19-22-14-17-27(46-22)25-18-21(37)13-15-24(25)34(41)44-4/h7-8,10-19,32H,5-6,9H2,1-4H3/b29-19+/t32-/m1/s1. The number of thiazole rings is 1. The summed E-state index contributed by atoms with van der Waals surface area (Å²) in [4.78, 5) is 45.8. The fourth-order valence-corrected chi connectivity index (χ4v) is 7.01. The monoisotopic (exact) mass is 670 g/mol. The summed E-state index contributed by atoms with van der Waals surface area (Å²) >= 11 is 7.44. The molecular formula is C36H31ClN2O7S. The highest BCUT2D eigenvalue weighted by Gasteiger charge is 2.37. The maximum atomic E-state index is 14.4. The van der Waals surface area contributed by atoms with E-state index in [9.17, 15) is 14.4 Å². The van der Waals surface area contributed by atoms with Gasteiger partial charge in [0.2, 0.25) is 0 Å². The van der Waals surface area contributed by atoms with Crippen molar-refractivity contribution in [2.24, 2.45) is 4.99 Å². The van der Waals surface area contributed by atoms with Crippen molar-refractivity contribution in [1.29, 1.82) is 0 Å². The first-order chi connectivity index (χ1) is 22.8. The number of aromatic nitrogens is 1. The van der Waals surface area contributed by atoms with Gasteiger partial charge in [0.15, 0.2) is 4.80 Å². The van der Waals surface area contributed by atoms with E-state index in [1.54, 1.807) is 55.0 Å². The largest absolute Gasteiger partial charge is 0.496 e. The molecule has 0 unspecified atom stereocenters. The van der Waals surface area contributed by atoms with Gasteiger partial charge in [0, 0.05) is 22.2 Å². The van der Waals surface area contributed by atoms with E-state index < -0.39 is 18.0 Å². The Labute approximate surface area is 279 Å². The molecule has 47 heavy (non-hydrogen) atoms. The quantitative estimate of drug-likeness (QED) is 0.166. The molecule has 0 spiro atoms. The Balaban J connectivity index is 1.58. The summed E-state index contributed by atoms with van der Waals surface area (Å²) in [6.45, 7) is 3.92. The first kappa shape index (κ1) is 32.0. The average molecular weight is 671 g/mol. The second-order valence-electron chi connectivity index (χ2n) is 10.7. The first-order valence-corrected chi connectivity index (χ1v) is 16.2. The molecule has 1 aliphatic heterocycles. The summed E-state index contributed by atoms with van der Waals surface area (Å²) in [5.74, 6) is 0.208. The molecule has 1 atom stereocenters. The van der Waals surface area contributed by atoms with Gasteiger partial charge in [-0.05, 0) is 60.5 Å². The third-order valence-electron chi connectivity index (χ3n) is 7.87. The number of fused-ring (bicyclic) bond motifs is 2. The predicted octanol–water partition coefficient (Wildman–Crippen LogP) is 6.44. The number of furan rings is 1. The van der Waals surface area contributed by atoms with E-state index in [1.807, 2.05) is 43.3 Å². The highest BCUT2D eigenvalue weighted by Crippen LogP contribution is 2.41. The number of rotatable bonds is 9. The zero-order valence-corrected chi connectivity index (χ0v) is 27.7. The van der Waals surface area contributed by atoms with Crippen molar-refractivity contribution in [3.05, 3.63) is 120 Å². The second kappa shape index (κ2) is 13.4. The highest BCUT2D eigenvalue weighted by atomic mass is 35.5. The SMILES string of the molecule is CCCC1=C(C(=O)OCC)[C@@H](c2c(OC)ccc3ccccc23)n2c(s/c(=C/c3ccc(-c4cc(Cl)ccc4C(=O)OC)o3)c2=O)=N1. The number of carbonyl (C=O) groups excluding carboxylic acids is 2. The minimum Gasteiger partial charge on any atom is -0.496 e. The van der Waals surface area contributed by atoms with Crippen LogP contribution < -0.4 is 19.6 Å². The van der Waals surface area contributed by atoms with Crippen molar-refractivity contribution in [2.75, 3.05) is 20.8 Å². The molecule has 6 rings (SSSR count). The van der Waals surface area contributed by atoms with Gasteiger partial charge in [-0.15, -0.1) is 0 Å². The van der Waals surface area contributed by atoms with Crippen LogP contribution in [0.5, 0.6) is 5.75 Å². The lowest BCUT2D eigenvalue weighted by molar-refractivity contribution is -0.139. The number of carbonyl (C=O) groups is 2. The summed E-state index contributed by atoms with van der Waals surface area (Å²) in [6.07, 6.45) is 2.86. The Morgan fingerprint density at radius 2 is 1.85 bits per heavy atom. The molecule has 0 radical (unpaired) electrons. The summed E-state index contributed by atoms with van der Waals surface area (Å²) in [5.41, 5.74) is 1.92. The molecule has 0 saturated heterocycles. The van der Waals surface area contributed by atoms with E-state index >= 15 is 0 Å². The van der Waals surface area contributed by atoms with Crippen LogP contribution in [0.2, 0.25) is 5.02 Å². The molecule has 0 bridgehead atoms. The second-order valence-corrected chi connectivity index (χ2v) is 12.1. The molecule has 2 aromatic heterocycles. The van der Waals surface area contributed by atoms with Crippen molar-refractivity contribution in [1.82, 2.24) is 4.57 Å². The minimum atomic E-state index is -0.865. The number of hydrogen-bond acceptors (Lipinski definition) is 9. The van der Waals surface area contributed by atoms with E-state index in [0.29, 0.717) is 60.4 Å². The van der Waals surface area contributed by atoms with Crippen molar-refractivity contribution in [2.45, 2.75) is 32.7 Å². The van der Waals surface area contributed by atoms with Gasteiger partial charge in [0.05, 0.1) is 42.2 Å². The van der Waals surface area contributed by atoms with Gasteiger partial charge in [0.25, 0.3) is 5.56 Å². The van der Waals surface area contributed by atoms with Crippen LogP contribution >= 0.6 is 22.9 Å². The minimum absolute atomic E-state index is 0.163. The van der Waals surface area contributed by atoms with Crippen molar-refractivity contribution < 1.29 is 28.2 Å². The lowest BCUT2D eigenvalue weighted by atomic mass is 9.90. The average Bonchev–Trinajstić information content (AvgIpc) is 3.67. The van der Waals surface area contributed by atoms with Crippen LogP contribution in [0.15, 0.2) is 92.2 Å². The summed E-state index contributed by atoms with van der Waals surface area (Å²) in [5, 5.41) is 2.19. The van der Waals surface area contributed by atoms with Crippen molar-refractivity contribution in [3.8, 4) is 17.1 Å². The summed E-state index contributed by atoms with van der Waals surface area (Å²) < 4.78 is 24.3. The fourth-order valence-electron chi connectivity index (χ4n) is 5.84. The molecule has 0 aliphatic carbocycles. The van der Waals surface area contributed by atoms with Crippen LogP contribution in [0.4, 0.5) is 0 Å². The fraction of sp³-hybridized carbons (Fsp3) is 0.222. The third kappa shape index (κ3) is 5.90. The molecule has 9 nitrogen and oxygen atoms in total. The maximum absolute atomic E-state index is 14.4. The number of allylic oxidation sites excluding steroid dienone is 1. The highest BCUT2D eigenvalue weighted by molar-refractivity contribution is 7.07. The Kier molecular flexibility index (Phi) is 9.15. The summed E-state index contributed by atoms with van der Waals surface area (Å²) in [6, 6.07) is 18.9. The van der Waals surface area contributed by atoms with E-state index in [2.05, 4.69) is 0 Å². The normalized spacial score (nSPS) is 14.6. The molecule has 0 saturated carbocycles. The number of halogens is 1. The van der Waals surface area contributed by atoms with Gasteiger partial charge in [-0.3, -0.25) is 9.36 Å². The molecule has 240 valence electrons. The summed E-state index contributed by atoms with van der Waals surface area (Å²) in [7, 11) is 2.87. The van der Waals surface area contributed by atoms with E-state index in [0.717, 1.165) is 17.2 Å². The lowest BCUT2D eigenvalue weighted by Gasteiger charge is -2.28. The number of methoxy groups -OCH3 is 2. The topological polar surface area (TPSA) is 109 Å². The predicted molar refractivity (Wildman–Crippen MR) is 181 cm³/mol. The first-order valence-electron chi connectivity index (χ1n) is 15.0. The van der Waals surface area contributed by atoms with Gasteiger partial charge in [-0.25, -0.2) is 14.6 Å². The van der Waals surface area contributed by atoms with E-state index in [1.165, 1.54) is 18.4 Å². The lowest BCUT2D eigenvalue weighted by Crippen LogP contribution is -2.40. The van der Waals surface area contributed by atoms with E-state index in [4.69, 9.17) is 35.2 Å². The number of esters is 2. The van der Waals surface area contributed by atoms with Gasteiger partial charge in [-0.1, -0.05) is 66.6 Å². The molecule has 3 heterocycles. The van der Waals surface area contributed by atoms with Crippen LogP contribution in [0.1, 0.15) is 54.4 Å².